The fourth-order valence-corrected chi connectivity index (χ4v) is 3.42. The molecule has 0 saturated carbocycles. The minimum Gasteiger partial charge on any atom is -0.483 e. The number of carbonyl (C=O) groups is 2. The molecule has 0 radical (unpaired) electrons. The molecule has 3 aromatic rings. The second kappa shape index (κ2) is 9.66. The van der Waals surface area contributed by atoms with Crippen LogP contribution < -0.4 is 15.7 Å². The predicted molar refractivity (Wildman–Crippen MR) is 117 cm³/mol. The Morgan fingerprint density at radius 1 is 1.19 bits per heavy atom. The molecule has 1 heterocycles. The van der Waals surface area contributed by atoms with Gasteiger partial charge in [0.2, 0.25) is 0 Å². The van der Waals surface area contributed by atoms with E-state index in [-0.39, 0.29) is 13.0 Å². The van der Waals surface area contributed by atoms with Crippen molar-refractivity contribution in [1.29, 1.82) is 0 Å². The van der Waals surface area contributed by atoms with Crippen LogP contribution in [0.4, 0.5) is 0 Å². The summed E-state index contributed by atoms with van der Waals surface area (Å²) in [5.41, 5.74) is 2.14. The highest BCUT2D eigenvalue weighted by atomic mass is 35.5. The second-order valence-electron chi connectivity index (χ2n) is 7.09. The number of benzene rings is 2. The first-order valence-electron chi connectivity index (χ1n) is 9.74. The lowest BCUT2D eigenvalue weighted by Gasteiger charge is -2.16. The van der Waals surface area contributed by atoms with Gasteiger partial charge in [0.05, 0.1) is 0 Å². The summed E-state index contributed by atoms with van der Waals surface area (Å²) >= 11 is 5.84. The number of aliphatic carboxylic acids is 1. The summed E-state index contributed by atoms with van der Waals surface area (Å²) in [4.78, 5) is 35.7. The zero-order chi connectivity index (χ0) is 22.5. The maximum Gasteiger partial charge on any atom is 0.336 e. The summed E-state index contributed by atoms with van der Waals surface area (Å²) in [5.74, 6) is -1.35. The highest BCUT2D eigenvalue weighted by Crippen LogP contribution is 2.28. The van der Waals surface area contributed by atoms with Gasteiger partial charge in [-0.2, -0.15) is 0 Å². The van der Waals surface area contributed by atoms with E-state index in [2.05, 4.69) is 5.32 Å². The van der Waals surface area contributed by atoms with Crippen molar-refractivity contribution < 1.29 is 23.8 Å². The number of nitrogens with one attached hydrogen (secondary N) is 1. The standard InChI is InChI=1S/C23H22ClNO6/c1-3-15-11-21(27)31-22-13(2)19(9-8-17(15)22)30-12-20(26)25-18(23(28)29)10-14-4-6-16(24)7-5-14/h4-9,11,18H,3,10,12H2,1-2H3,(H,25,26)(H,28,29)/t18-/m0/s1. The van der Waals surface area contributed by atoms with Crippen molar-refractivity contribution in [2.24, 2.45) is 0 Å². The highest BCUT2D eigenvalue weighted by molar-refractivity contribution is 6.30. The van der Waals surface area contributed by atoms with Crippen molar-refractivity contribution in [2.75, 3.05) is 6.61 Å². The van der Waals surface area contributed by atoms with Gasteiger partial charge in [0.25, 0.3) is 5.91 Å². The van der Waals surface area contributed by atoms with Gasteiger partial charge in [0.15, 0.2) is 6.61 Å². The van der Waals surface area contributed by atoms with E-state index in [0.717, 1.165) is 16.5 Å². The van der Waals surface area contributed by atoms with E-state index in [1.54, 1.807) is 43.3 Å². The lowest BCUT2D eigenvalue weighted by atomic mass is 10.0. The third-order valence-corrected chi connectivity index (χ3v) is 5.17. The Labute approximate surface area is 183 Å². The SMILES string of the molecule is CCc1cc(=O)oc2c(C)c(OCC(=O)N[C@@H](Cc3ccc(Cl)cc3)C(=O)O)ccc12. The third-order valence-electron chi connectivity index (χ3n) is 4.92. The molecule has 0 aliphatic rings. The van der Waals surface area contributed by atoms with E-state index in [0.29, 0.717) is 28.3 Å². The number of ether oxygens (including phenoxy) is 1. The lowest BCUT2D eigenvalue weighted by Crippen LogP contribution is -2.44. The number of aryl methyl sites for hydroxylation is 2. The molecular weight excluding hydrogens is 422 g/mol. The minimum absolute atomic E-state index is 0.109. The molecule has 7 nitrogen and oxygen atoms in total. The Bertz CT molecular complexity index is 1170. The highest BCUT2D eigenvalue weighted by Gasteiger charge is 2.21. The van der Waals surface area contributed by atoms with Gasteiger partial charge in [-0.3, -0.25) is 4.79 Å². The van der Waals surface area contributed by atoms with Crippen molar-refractivity contribution >= 4 is 34.4 Å². The monoisotopic (exact) mass is 443 g/mol. The number of halogens is 1. The van der Waals surface area contributed by atoms with Crippen molar-refractivity contribution in [2.45, 2.75) is 32.7 Å². The van der Waals surface area contributed by atoms with E-state index in [4.69, 9.17) is 20.8 Å². The average molecular weight is 444 g/mol. The molecule has 0 aliphatic heterocycles. The van der Waals surface area contributed by atoms with Crippen LogP contribution in [0, 0.1) is 6.92 Å². The molecule has 0 bridgehead atoms. The number of fused-ring (bicyclic) bond motifs is 1. The molecule has 0 saturated heterocycles. The molecule has 3 rings (SSSR count). The number of carboxylic acids is 1. The van der Waals surface area contributed by atoms with Gasteiger partial charge >= 0.3 is 11.6 Å². The zero-order valence-corrected chi connectivity index (χ0v) is 17.9. The average Bonchev–Trinajstić information content (AvgIpc) is 2.74. The molecule has 31 heavy (non-hydrogen) atoms. The summed E-state index contributed by atoms with van der Waals surface area (Å²) in [6.45, 7) is 3.30. The smallest absolute Gasteiger partial charge is 0.336 e. The number of hydrogen-bond donors (Lipinski definition) is 2. The first kappa shape index (κ1) is 22.4. The Balaban J connectivity index is 1.69. The van der Waals surface area contributed by atoms with Crippen LogP contribution in [-0.4, -0.2) is 29.6 Å². The number of carbonyl (C=O) groups excluding carboxylic acids is 1. The van der Waals surface area contributed by atoms with Crippen molar-refractivity contribution in [3.63, 3.8) is 0 Å². The van der Waals surface area contributed by atoms with E-state index in [1.807, 2.05) is 6.92 Å². The zero-order valence-electron chi connectivity index (χ0n) is 17.1. The van der Waals surface area contributed by atoms with Crippen LogP contribution in [0.3, 0.4) is 0 Å². The van der Waals surface area contributed by atoms with Gasteiger partial charge in [-0.15, -0.1) is 0 Å². The molecule has 1 aromatic heterocycles. The van der Waals surface area contributed by atoms with Gasteiger partial charge in [0, 0.05) is 28.5 Å². The van der Waals surface area contributed by atoms with Crippen molar-refractivity contribution in [3.8, 4) is 5.75 Å². The molecule has 0 aliphatic carbocycles. The third kappa shape index (κ3) is 5.44. The van der Waals surface area contributed by atoms with Crippen LogP contribution in [0.15, 0.2) is 51.7 Å². The molecule has 1 atom stereocenters. The van der Waals surface area contributed by atoms with Gasteiger partial charge in [-0.1, -0.05) is 30.7 Å². The Hall–Kier alpha value is -3.32. The summed E-state index contributed by atoms with van der Waals surface area (Å²) in [5, 5.41) is 13.3. The van der Waals surface area contributed by atoms with Crippen molar-refractivity contribution in [1.82, 2.24) is 5.32 Å². The maximum atomic E-state index is 12.3. The molecule has 1 amide bonds. The summed E-state index contributed by atoms with van der Waals surface area (Å²) in [6.07, 6.45) is 0.784. The van der Waals surface area contributed by atoms with Gasteiger partial charge in [0.1, 0.15) is 17.4 Å². The lowest BCUT2D eigenvalue weighted by molar-refractivity contribution is -0.142. The quantitative estimate of drug-likeness (QED) is 0.516. The maximum absolute atomic E-state index is 12.3. The Morgan fingerprint density at radius 2 is 1.90 bits per heavy atom. The van der Waals surface area contributed by atoms with Crippen LogP contribution in [0.5, 0.6) is 5.75 Å². The molecular formula is C23H22ClNO6. The number of rotatable bonds is 8. The van der Waals surface area contributed by atoms with E-state index < -0.39 is 23.5 Å². The normalized spacial score (nSPS) is 11.8. The summed E-state index contributed by atoms with van der Waals surface area (Å²) < 4.78 is 10.9. The van der Waals surface area contributed by atoms with Crippen molar-refractivity contribution in [3.05, 3.63) is 74.6 Å². The predicted octanol–water partition coefficient (Wildman–Crippen LogP) is 3.51. The van der Waals surface area contributed by atoms with Gasteiger partial charge in [-0.05, 0) is 48.7 Å². The fraction of sp³-hybridized carbons (Fsp3) is 0.261. The van der Waals surface area contributed by atoms with E-state index in [9.17, 15) is 19.5 Å². The summed E-state index contributed by atoms with van der Waals surface area (Å²) in [7, 11) is 0. The van der Waals surface area contributed by atoms with Crippen LogP contribution in [0.2, 0.25) is 5.02 Å². The largest absolute Gasteiger partial charge is 0.483 e. The Kier molecular flexibility index (Phi) is 6.97. The topological polar surface area (TPSA) is 106 Å². The molecule has 162 valence electrons. The number of carboxylic acid groups (broad SMARTS) is 1. The van der Waals surface area contributed by atoms with E-state index >= 15 is 0 Å². The molecule has 0 spiro atoms. The summed E-state index contributed by atoms with van der Waals surface area (Å²) in [6, 6.07) is 10.6. The molecule has 2 aromatic carbocycles. The number of hydrogen-bond acceptors (Lipinski definition) is 5. The first-order chi connectivity index (χ1) is 14.8. The second-order valence-corrected chi connectivity index (χ2v) is 7.52. The van der Waals surface area contributed by atoms with Crippen LogP contribution in [0.25, 0.3) is 11.0 Å². The van der Waals surface area contributed by atoms with Gasteiger partial charge < -0.3 is 19.6 Å². The first-order valence-corrected chi connectivity index (χ1v) is 10.1. The van der Waals surface area contributed by atoms with Gasteiger partial charge in [-0.25, -0.2) is 9.59 Å². The number of amides is 1. The fourth-order valence-electron chi connectivity index (χ4n) is 3.29. The molecule has 2 N–H and O–H groups in total. The molecule has 0 fully saturated rings. The minimum atomic E-state index is -1.15. The van der Waals surface area contributed by atoms with Crippen LogP contribution in [-0.2, 0) is 22.4 Å². The Morgan fingerprint density at radius 3 is 2.55 bits per heavy atom. The molecule has 0 unspecified atom stereocenters. The van der Waals surface area contributed by atoms with Crippen LogP contribution in [0.1, 0.15) is 23.6 Å². The molecule has 8 heteroatoms. The van der Waals surface area contributed by atoms with Crippen LogP contribution >= 0.6 is 11.6 Å². The van der Waals surface area contributed by atoms with E-state index in [1.165, 1.54) is 6.07 Å².